The molecule has 0 N–H and O–H groups in total. The van der Waals surface area contributed by atoms with Crippen LogP contribution in [0.25, 0.3) is 10.8 Å². The molecule has 0 spiro atoms. The van der Waals surface area contributed by atoms with E-state index in [2.05, 4.69) is 4.98 Å². The van der Waals surface area contributed by atoms with E-state index in [4.69, 9.17) is 13.9 Å². The van der Waals surface area contributed by atoms with Gasteiger partial charge >= 0.3 is 11.7 Å². The van der Waals surface area contributed by atoms with Crippen LogP contribution in [0.5, 0.6) is 11.5 Å². The molecule has 0 saturated heterocycles. The van der Waals surface area contributed by atoms with Crippen LogP contribution in [0.4, 0.5) is 5.69 Å². The van der Waals surface area contributed by atoms with Crippen LogP contribution in [0.3, 0.4) is 0 Å². The second-order valence-electron chi connectivity index (χ2n) is 5.32. The lowest BCUT2D eigenvalue weighted by Crippen LogP contribution is -2.09. The first kappa shape index (κ1) is 17.6. The summed E-state index contributed by atoms with van der Waals surface area (Å²) in [5.41, 5.74) is 0.0990. The zero-order chi connectivity index (χ0) is 18.8. The SMILES string of the molecule is COc1ccc(OC(=O)c2sc(-c3ccc(C)o3)nc2C)c([N+](=O)[O-])c1. The number of carbonyl (C=O) groups excluding carboxylic acids is 1. The van der Waals surface area contributed by atoms with E-state index in [1.165, 1.54) is 25.3 Å². The number of aryl methyl sites for hydroxylation is 2. The van der Waals surface area contributed by atoms with Gasteiger partial charge in [-0.25, -0.2) is 9.78 Å². The molecule has 0 aliphatic heterocycles. The number of methoxy groups -OCH3 is 1. The molecule has 26 heavy (non-hydrogen) atoms. The number of hydrogen-bond acceptors (Lipinski definition) is 8. The number of rotatable bonds is 5. The second kappa shape index (κ2) is 6.96. The van der Waals surface area contributed by atoms with E-state index in [-0.39, 0.29) is 16.3 Å². The maximum atomic E-state index is 12.5. The first-order valence-corrected chi connectivity index (χ1v) is 8.29. The zero-order valence-corrected chi connectivity index (χ0v) is 15.0. The van der Waals surface area contributed by atoms with Gasteiger partial charge in [-0.15, -0.1) is 11.3 Å². The lowest BCUT2D eigenvalue weighted by atomic mass is 10.3. The molecule has 3 rings (SSSR count). The maximum Gasteiger partial charge on any atom is 0.355 e. The van der Waals surface area contributed by atoms with Gasteiger partial charge in [0.25, 0.3) is 0 Å². The Labute approximate surface area is 152 Å². The topological polar surface area (TPSA) is 105 Å². The standard InChI is InChI=1S/C17H14N2O6S/c1-9-4-6-14(24-9)16-18-10(2)15(26-16)17(20)25-13-7-5-11(23-3)8-12(13)19(21)22/h4-8H,1-3H3. The number of esters is 1. The van der Waals surface area contributed by atoms with Crippen LogP contribution in [0, 0.1) is 24.0 Å². The van der Waals surface area contributed by atoms with Gasteiger partial charge in [0.05, 0.1) is 23.8 Å². The number of nitro groups is 1. The average molecular weight is 374 g/mol. The van der Waals surface area contributed by atoms with E-state index in [9.17, 15) is 14.9 Å². The van der Waals surface area contributed by atoms with Crippen molar-refractivity contribution in [2.24, 2.45) is 0 Å². The van der Waals surface area contributed by atoms with Crippen LogP contribution in [0.1, 0.15) is 21.1 Å². The van der Waals surface area contributed by atoms with Gasteiger partial charge in [-0.1, -0.05) is 0 Å². The summed E-state index contributed by atoms with van der Waals surface area (Å²) >= 11 is 1.10. The third-order valence-corrected chi connectivity index (χ3v) is 4.65. The first-order chi connectivity index (χ1) is 12.4. The molecule has 0 fully saturated rings. The third-order valence-electron chi connectivity index (χ3n) is 3.50. The minimum absolute atomic E-state index is 0.163. The highest BCUT2D eigenvalue weighted by Crippen LogP contribution is 2.34. The summed E-state index contributed by atoms with van der Waals surface area (Å²) < 4.78 is 15.7. The molecule has 0 radical (unpaired) electrons. The number of aromatic nitrogens is 1. The van der Waals surface area contributed by atoms with Crippen LogP contribution in [-0.2, 0) is 0 Å². The van der Waals surface area contributed by atoms with Crippen molar-refractivity contribution in [2.45, 2.75) is 13.8 Å². The molecule has 2 heterocycles. The fourth-order valence-corrected chi connectivity index (χ4v) is 3.14. The Bertz CT molecular complexity index is 991. The monoisotopic (exact) mass is 374 g/mol. The normalized spacial score (nSPS) is 10.6. The third kappa shape index (κ3) is 3.42. The van der Waals surface area contributed by atoms with E-state index >= 15 is 0 Å². The molecule has 0 saturated carbocycles. The number of ether oxygens (including phenoxy) is 2. The van der Waals surface area contributed by atoms with E-state index in [1.807, 2.05) is 6.92 Å². The predicted octanol–water partition coefficient (Wildman–Crippen LogP) is 4.16. The van der Waals surface area contributed by atoms with Crippen molar-refractivity contribution in [3.05, 3.63) is 56.8 Å². The Hall–Kier alpha value is -3.20. The molecule has 3 aromatic rings. The van der Waals surface area contributed by atoms with Crippen LogP contribution in [-0.4, -0.2) is 23.0 Å². The Morgan fingerprint density at radius 3 is 2.65 bits per heavy atom. The summed E-state index contributed by atoms with van der Waals surface area (Å²) in [6.45, 7) is 3.47. The van der Waals surface area contributed by atoms with Gasteiger partial charge in [0.2, 0.25) is 5.75 Å². The Morgan fingerprint density at radius 1 is 1.27 bits per heavy atom. The van der Waals surface area contributed by atoms with Crippen molar-refractivity contribution in [2.75, 3.05) is 7.11 Å². The summed E-state index contributed by atoms with van der Waals surface area (Å²) in [7, 11) is 1.39. The largest absolute Gasteiger partial charge is 0.496 e. The smallest absolute Gasteiger partial charge is 0.355 e. The molecule has 0 bridgehead atoms. The Kier molecular flexibility index (Phi) is 4.72. The zero-order valence-electron chi connectivity index (χ0n) is 14.1. The van der Waals surface area contributed by atoms with E-state index in [1.54, 1.807) is 19.1 Å². The Balaban J connectivity index is 1.89. The summed E-state index contributed by atoms with van der Waals surface area (Å²) in [6.07, 6.45) is 0. The molecule has 9 heteroatoms. The molecule has 0 atom stereocenters. The van der Waals surface area contributed by atoms with Crippen molar-refractivity contribution >= 4 is 23.0 Å². The molecule has 0 aliphatic rings. The van der Waals surface area contributed by atoms with Crippen molar-refractivity contribution < 1.29 is 23.6 Å². The van der Waals surface area contributed by atoms with Crippen LogP contribution >= 0.6 is 11.3 Å². The van der Waals surface area contributed by atoms with Crippen LogP contribution in [0.15, 0.2) is 34.7 Å². The number of furan rings is 1. The highest BCUT2D eigenvalue weighted by Gasteiger charge is 2.24. The minimum atomic E-state index is -0.720. The lowest BCUT2D eigenvalue weighted by molar-refractivity contribution is -0.385. The Morgan fingerprint density at radius 2 is 2.04 bits per heavy atom. The van der Waals surface area contributed by atoms with Crippen molar-refractivity contribution in [3.63, 3.8) is 0 Å². The van der Waals surface area contributed by atoms with Gasteiger partial charge in [-0.2, -0.15) is 0 Å². The maximum absolute atomic E-state index is 12.5. The summed E-state index contributed by atoms with van der Waals surface area (Å²) in [6, 6.07) is 7.55. The predicted molar refractivity (Wildman–Crippen MR) is 93.9 cm³/mol. The highest BCUT2D eigenvalue weighted by molar-refractivity contribution is 7.17. The highest BCUT2D eigenvalue weighted by atomic mass is 32.1. The molecular formula is C17H14N2O6S. The van der Waals surface area contributed by atoms with Gasteiger partial charge in [-0.05, 0) is 38.1 Å². The second-order valence-corrected chi connectivity index (χ2v) is 6.32. The minimum Gasteiger partial charge on any atom is -0.496 e. The van der Waals surface area contributed by atoms with E-state index < -0.39 is 10.9 Å². The molecule has 2 aromatic heterocycles. The molecule has 0 aliphatic carbocycles. The summed E-state index contributed by atoms with van der Waals surface area (Å²) in [5.74, 6) is 0.684. The number of carbonyl (C=O) groups is 1. The van der Waals surface area contributed by atoms with Gasteiger partial charge in [0, 0.05) is 0 Å². The average Bonchev–Trinajstić information content (AvgIpc) is 3.20. The quantitative estimate of drug-likeness (QED) is 0.286. The van der Waals surface area contributed by atoms with Crippen LogP contribution < -0.4 is 9.47 Å². The van der Waals surface area contributed by atoms with Gasteiger partial charge in [0.1, 0.15) is 16.4 Å². The molecular weight excluding hydrogens is 360 g/mol. The molecule has 8 nitrogen and oxygen atoms in total. The molecule has 134 valence electrons. The van der Waals surface area contributed by atoms with Crippen LogP contribution in [0.2, 0.25) is 0 Å². The number of nitrogens with zero attached hydrogens (tertiary/aromatic N) is 2. The molecule has 0 unspecified atom stereocenters. The van der Waals surface area contributed by atoms with Gasteiger partial charge in [-0.3, -0.25) is 10.1 Å². The number of hydrogen-bond donors (Lipinski definition) is 0. The summed E-state index contributed by atoms with van der Waals surface area (Å²) in [5, 5.41) is 11.7. The molecule has 1 aromatic carbocycles. The first-order valence-electron chi connectivity index (χ1n) is 7.48. The van der Waals surface area contributed by atoms with Crippen molar-refractivity contribution in [1.29, 1.82) is 0 Å². The number of nitro benzene ring substituents is 1. The molecule has 0 amide bonds. The number of thiazole rings is 1. The number of benzene rings is 1. The fraction of sp³-hybridized carbons (Fsp3) is 0.176. The van der Waals surface area contributed by atoms with Gasteiger partial charge < -0.3 is 13.9 Å². The van der Waals surface area contributed by atoms with Crippen molar-refractivity contribution in [3.8, 4) is 22.3 Å². The van der Waals surface area contributed by atoms with Crippen molar-refractivity contribution in [1.82, 2.24) is 4.98 Å². The lowest BCUT2D eigenvalue weighted by Gasteiger charge is -2.06. The fourth-order valence-electron chi connectivity index (χ4n) is 2.24. The van der Waals surface area contributed by atoms with E-state index in [0.717, 1.165) is 17.1 Å². The van der Waals surface area contributed by atoms with Gasteiger partial charge in [0.15, 0.2) is 10.8 Å². The summed E-state index contributed by atoms with van der Waals surface area (Å²) in [4.78, 5) is 27.6. The van der Waals surface area contributed by atoms with E-state index in [0.29, 0.717) is 22.2 Å².